The average molecular weight is 148 g/mol. The lowest BCUT2D eigenvalue weighted by Crippen LogP contribution is -2.25. The summed E-state index contributed by atoms with van der Waals surface area (Å²) in [5, 5.41) is 8.29. The van der Waals surface area contributed by atoms with Crippen molar-refractivity contribution in [2.24, 2.45) is 5.73 Å². The maximum absolute atomic E-state index is 10.0. The number of carbonyl (C=O) groups excluding carboxylic acids is 1. The first-order valence-corrected chi connectivity index (χ1v) is 3.01. The predicted octanol–water partition coefficient (Wildman–Crippen LogP) is -1.62. The lowest BCUT2D eigenvalue weighted by Gasteiger charge is -2.00. The highest BCUT2D eigenvalue weighted by molar-refractivity contribution is 5.74. The summed E-state index contributed by atoms with van der Waals surface area (Å²) >= 11 is 0. The summed E-state index contributed by atoms with van der Waals surface area (Å²) in [5.74, 6) is -0.517. The molecule has 1 amide bonds. The molecule has 0 spiro atoms. The van der Waals surface area contributed by atoms with E-state index in [1.807, 2.05) is 0 Å². The Bertz CT molecular complexity index is 96.9. The first-order chi connectivity index (χ1) is 4.77. The summed E-state index contributed by atoms with van der Waals surface area (Å²) in [6.45, 7) is 0.488. The Balaban J connectivity index is 2.84. The van der Waals surface area contributed by atoms with Gasteiger partial charge in [-0.05, 0) is 6.42 Å². The third-order valence-corrected chi connectivity index (χ3v) is 0.753. The van der Waals surface area contributed by atoms with Gasteiger partial charge in [-0.1, -0.05) is 0 Å². The fourth-order valence-electron chi connectivity index (χ4n) is 0.346. The van der Waals surface area contributed by atoms with E-state index in [2.05, 4.69) is 10.3 Å². The number of hydrogen-bond acceptors (Lipinski definition) is 4. The van der Waals surface area contributed by atoms with Crippen LogP contribution in [0.3, 0.4) is 0 Å². The smallest absolute Gasteiger partial charge is 0.245 e. The van der Waals surface area contributed by atoms with Crippen LogP contribution >= 0.6 is 0 Å². The molecule has 0 radical (unpaired) electrons. The van der Waals surface area contributed by atoms with Crippen LogP contribution in [0, 0.1) is 0 Å². The normalized spacial score (nSPS) is 9.70. The van der Waals surface area contributed by atoms with Gasteiger partial charge in [0.1, 0.15) is 6.61 Å². The highest BCUT2D eigenvalue weighted by Gasteiger charge is 1.91. The molecule has 0 rings (SSSR count). The highest BCUT2D eigenvalue weighted by Crippen LogP contribution is 1.71. The predicted molar refractivity (Wildman–Crippen MR) is 34.9 cm³/mol. The van der Waals surface area contributed by atoms with Crippen LogP contribution in [0.25, 0.3) is 0 Å². The van der Waals surface area contributed by atoms with Crippen molar-refractivity contribution < 1.29 is 14.7 Å². The fraction of sp³-hybridized carbons (Fsp3) is 0.800. The van der Waals surface area contributed by atoms with Crippen LogP contribution in [0.2, 0.25) is 0 Å². The molecule has 60 valence electrons. The Morgan fingerprint density at radius 1 is 1.70 bits per heavy atom. The molecule has 0 aromatic carbocycles. The van der Waals surface area contributed by atoms with Crippen LogP contribution in [0.15, 0.2) is 0 Å². The lowest BCUT2D eigenvalue weighted by atomic mass is 10.5. The van der Waals surface area contributed by atoms with Gasteiger partial charge < -0.3 is 10.8 Å². The van der Waals surface area contributed by atoms with Gasteiger partial charge in [0.05, 0.1) is 0 Å². The summed E-state index contributed by atoms with van der Waals surface area (Å²) in [6.07, 6.45) is 0.596. The molecule has 0 atom stereocenters. The van der Waals surface area contributed by atoms with Crippen LogP contribution in [-0.2, 0) is 9.63 Å². The molecule has 0 bridgehead atoms. The first-order valence-electron chi connectivity index (χ1n) is 3.01. The number of aliphatic hydroxyl groups excluding tert-OH is 1. The number of primary amides is 1. The SMILES string of the molecule is NC(=O)CONCCCO. The molecule has 0 aromatic heterocycles. The molecule has 0 saturated carbocycles. The van der Waals surface area contributed by atoms with Crippen LogP contribution in [0.5, 0.6) is 0 Å². The van der Waals surface area contributed by atoms with Crippen LogP contribution in [0.1, 0.15) is 6.42 Å². The number of amides is 1. The summed E-state index contributed by atoms with van der Waals surface area (Å²) in [6, 6.07) is 0. The van der Waals surface area contributed by atoms with Crippen molar-refractivity contribution in [1.29, 1.82) is 0 Å². The zero-order valence-corrected chi connectivity index (χ0v) is 5.67. The largest absolute Gasteiger partial charge is 0.396 e. The van der Waals surface area contributed by atoms with E-state index in [1.165, 1.54) is 0 Å². The Morgan fingerprint density at radius 3 is 2.90 bits per heavy atom. The van der Waals surface area contributed by atoms with Gasteiger partial charge in [-0.2, -0.15) is 0 Å². The van der Waals surface area contributed by atoms with Gasteiger partial charge in [0, 0.05) is 13.2 Å². The molecule has 5 nitrogen and oxygen atoms in total. The Hall–Kier alpha value is -0.650. The van der Waals surface area contributed by atoms with Crippen molar-refractivity contribution in [2.75, 3.05) is 19.8 Å². The second-order valence-electron chi connectivity index (χ2n) is 1.73. The first kappa shape index (κ1) is 9.35. The van der Waals surface area contributed by atoms with E-state index < -0.39 is 5.91 Å². The molecule has 0 heterocycles. The van der Waals surface area contributed by atoms with E-state index in [0.717, 1.165) is 0 Å². The fourth-order valence-corrected chi connectivity index (χ4v) is 0.346. The second-order valence-corrected chi connectivity index (χ2v) is 1.73. The maximum atomic E-state index is 10.0. The summed E-state index contributed by atoms with van der Waals surface area (Å²) in [4.78, 5) is 14.6. The van der Waals surface area contributed by atoms with Gasteiger partial charge in [0.15, 0.2) is 0 Å². The van der Waals surface area contributed by atoms with Crippen molar-refractivity contribution in [3.05, 3.63) is 0 Å². The van der Waals surface area contributed by atoms with Gasteiger partial charge in [0.25, 0.3) is 0 Å². The van der Waals surface area contributed by atoms with Crippen LogP contribution in [0.4, 0.5) is 0 Å². The van der Waals surface area contributed by atoms with Crippen LogP contribution < -0.4 is 11.2 Å². The molecule has 0 aromatic rings. The topological polar surface area (TPSA) is 84.6 Å². The van der Waals surface area contributed by atoms with E-state index in [0.29, 0.717) is 13.0 Å². The number of hydroxylamine groups is 1. The average Bonchev–Trinajstić information content (AvgIpc) is 1.87. The van der Waals surface area contributed by atoms with E-state index >= 15 is 0 Å². The number of carbonyl (C=O) groups is 1. The van der Waals surface area contributed by atoms with E-state index in [1.54, 1.807) is 0 Å². The number of aliphatic hydroxyl groups is 1. The standard InChI is InChI=1S/C5H12N2O3/c6-5(9)4-10-7-2-1-3-8/h7-8H,1-4H2,(H2,6,9). The van der Waals surface area contributed by atoms with Crippen molar-refractivity contribution >= 4 is 5.91 Å². The maximum Gasteiger partial charge on any atom is 0.245 e. The molecular formula is C5H12N2O3. The van der Waals surface area contributed by atoms with E-state index in [4.69, 9.17) is 10.8 Å². The van der Waals surface area contributed by atoms with Crippen molar-refractivity contribution in [3.63, 3.8) is 0 Å². The minimum Gasteiger partial charge on any atom is -0.396 e. The molecule has 0 aliphatic heterocycles. The molecule has 0 fully saturated rings. The third-order valence-electron chi connectivity index (χ3n) is 0.753. The summed E-state index contributed by atoms with van der Waals surface area (Å²) in [5.41, 5.74) is 7.21. The molecule has 5 heteroatoms. The quantitative estimate of drug-likeness (QED) is 0.312. The molecule has 0 aliphatic carbocycles. The Labute approximate surface area is 59.1 Å². The molecule has 10 heavy (non-hydrogen) atoms. The monoisotopic (exact) mass is 148 g/mol. The molecule has 0 saturated heterocycles. The number of nitrogens with one attached hydrogen (secondary N) is 1. The highest BCUT2D eigenvalue weighted by atomic mass is 16.6. The second kappa shape index (κ2) is 6.47. The van der Waals surface area contributed by atoms with Gasteiger partial charge >= 0.3 is 0 Å². The van der Waals surface area contributed by atoms with Crippen molar-refractivity contribution in [3.8, 4) is 0 Å². The van der Waals surface area contributed by atoms with Crippen molar-refractivity contribution in [1.82, 2.24) is 5.48 Å². The molecule has 4 N–H and O–H groups in total. The lowest BCUT2D eigenvalue weighted by molar-refractivity contribution is -0.125. The third kappa shape index (κ3) is 7.35. The van der Waals surface area contributed by atoms with E-state index in [9.17, 15) is 4.79 Å². The van der Waals surface area contributed by atoms with Gasteiger partial charge in [0.2, 0.25) is 5.91 Å². The summed E-state index contributed by atoms with van der Waals surface area (Å²) < 4.78 is 0. The minimum atomic E-state index is -0.517. The van der Waals surface area contributed by atoms with Gasteiger partial charge in [-0.15, -0.1) is 0 Å². The van der Waals surface area contributed by atoms with Gasteiger partial charge in [-0.25, -0.2) is 5.48 Å². The number of rotatable bonds is 6. The van der Waals surface area contributed by atoms with Gasteiger partial charge in [-0.3, -0.25) is 9.63 Å². The molecular weight excluding hydrogens is 136 g/mol. The van der Waals surface area contributed by atoms with Crippen molar-refractivity contribution in [2.45, 2.75) is 6.42 Å². The molecule has 0 unspecified atom stereocenters. The minimum absolute atomic E-state index is 0.104. The number of nitrogens with two attached hydrogens (primary N) is 1. The zero-order chi connectivity index (χ0) is 7.82. The van der Waals surface area contributed by atoms with E-state index in [-0.39, 0.29) is 13.2 Å². The van der Waals surface area contributed by atoms with Crippen LogP contribution in [-0.4, -0.2) is 30.8 Å². The Morgan fingerprint density at radius 2 is 2.40 bits per heavy atom. The summed E-state index contributed by atoms with van der Waals surface area (Å²) in [7, 11) is 0. The molecule has 0 aliphatic rings. The number of hydrogen-bond donors (Lipinski definition) is 3. The zero-order valence-electron chi connectivity index (χ0n) is 5.67. The Kier molecular flexibility index (Phi) is 6.05.